The zero-order valence-electron chi connectivity index (χ0n) is 10.3. The molecule has 1 spiro atoms. The summed E-state index contributed by atoms with van der Waals surface area (Å²) in [4.78, 5) is 23.2. The third-order valence-corrected chi connectivity index (χ3v) is 3.51. The Morgan fingerprint density at radius 3 is 2.74 bits per heavy atom. The van der Waals surface area contributed by atoms with Crippen molar-refractivity contribution in [2.45, 2.75) is 31.2 Å². The number of rotatable bonds is 3. The first-order chi connectivity index (χ1) is 9.21. The van der Waals surface area contributed by atoms with Crippen LogP contribution in [0, 0.1) is 0 Å². The largest absolute Gasteiger partial charge is 0.462 e. The standard InChI is InChI=1S/C14H14O5/c15-12-8-11(14(19-12)6-7-17-13(14)16)18-9-10-4-2-1-3-5-10/h1-5,11H,6-9H2/t11-,14-/m1/s1. The molecule has 5 nitrogen and oxygen atoms in total. The molecular weight excluding hydrogens is 248 g/mol. The van der Waals surface area contributed by atoms with Crippen LogP contribution in [0.4, 0.5) is 0 Å². The molecule has 0 aromatic heterocycles. The van der Waals surface area contributed by atoms with Gasteiger partial charge in [0, 0.05) is 6.42 Å². The van der Waals surface area contributed by atoms with Gasteiger partial charge in [0.25, 0.3) is 0 Å². The lowest BCUT2D eigenvalue weighted by Gasteiger charge is -2.24. The Hall–Kier alpha value is -1.88. The SMILES string of the molecule is O=C1C[C@@H](OCc2ccccc2)[C@@]2(CCOC2=O)O1. The number of ether oxygens (including phenoxy) is 3. The van der Waals surface area contributed by atoms with Crippen LogP contribution < -0.4 is 0 Å². The van der Waals surface area contributed by atoms with E-state index in [4.69, 9.17) is 14.2 Å². The number of cyclic esters (lactones) is 1. The highest BCUT2D eigenvalue weighted by atomic mass is 16.6. The van der Waals surface area contributed by atoms with Gasteiger partial charge in [-0.15, -0.1) is 0 Å². The van der Waals surface area contributed by atoms with E-state index >= 15 is 0 Å². The van der Waals surface area contributed by atoms with Crippen molar-refractivity contribution in [1.29, 1.82) is 0 Å². The molecule has 2 aliphatic heterocycles. The third kappa shape index (κ3) is 2.10. The first-order valence-electron chi connectivity index (χ1n) is 6.25. The highest BCUT2D eigenvalue weighted by Gasteiger charge is 2.60. The first kappa shape index (κ1) is 12.2. The molecule has 1 aromatic rings. The minimum Gasteiger partial charge on any atom is -0.462 e. The van der Waals surface area contributed by atoms with Gasteiger partial charge in [0.2, 0.25) is 5.60 Å². The average Bonchev–Trinajstić information content (AvgIpc) is 2.93. The van der Waals surface area contributed by atoms with Gasteiger partial charge in [-0.25, -0.2) is 4.79 Å². The maximum Gasteiger partial charge on any atom is 0.353 e. The number of carbonyl (C=O) groups excluding carboxylic acids is 2. The van der Waals surface area contributed by atoms with Crippen LogP contribution in [0.15, 0.2) is 30.3 Å². The molecular formula is C14H14O5. The Balaban J connectivity index is 1.72. The lowest BCUT2D eigenvalue weighted by molar-refractivity contribution is -0.171. The van der Waals surface area contributed by atoms with Crippen LogP contribution >= 0.6 is 0 Å². The lowest BCUT2D eigenvalue weighted by atomic mass is 9.95. The minimum absolute atomic E-state index is 0.0991. The van der Waals surface area contributed by atoms with Crippen molar-refractivity contribution in [3.63, 3.8) is 0 Å². The van der Waals surface area contributed by atoms with Gasteiger partial charge >= 0.3 is 11.9 Å². The van der Waals surface area contributed by atoms with Crippen LogP contribution in [0.1, 0.15) is 18.4 Å². The summed E-state index contributed by atoms with van der Waals surface area (Å²) in [6, 6.07) is 9.60. The normalized spacial score (nSPS) is 29.6. The molecule has 5 heteroatoms. The molecule has 2 saturated heterocycles. The van der Waals surface area contributed by atoms with E-state index in [1.807, 2.05) is 30.3 Å². The summed E-state index contributed by atoms with van der Waals surface area (Å²) in [7, 11) is 0. The van der Waals surface area contributed by atoms with Gasteiger partial charge < -0.3 is 14.2 Å². The molecule has 0 saturated carbocycles. The lowest BCUT2D eigenvalue weighted by Crippen LogP contribution is -2.45. The van der Waals surface area contributed by atoms with E-state index in [0.29, 0.717) is 13.0 Å². The number of carbonyl (C=O) groups is 2. The quantitative estimate of drug-likeness (QED) is 0.766. The molecule has 19 heavy (non-hydrogen) atoms. The van der Waals surface area contributed by atoms with E-state index < -0.39 is 23.6 Å². The van der Waals surface area contributed by atoms with Crippen LogP contribution in [0.5, 0.6) is 0 Å². The maximum absolute atomic E-state index is 11.8. The zero-order valence-corrected chi connectivity index (χ0v) is 10.3. The molecule has 0 amide bonds. The van der Waals surface area contributed by atoms with Crippen LogP contribution in [0.2, 0.25) is 0 Å². The zero-order chi connectivity index (χ0) is 13.3. The number of hydrogen-bond donors (Lipinski definition) is 0. The number of hydrogen-bond acceptors (Lipinski definition) is 5. The highest BCUT2D eigenvalue weighted by molar-refractivity contribution is 5.89. The van der Waals surface area contributed by atoms with Gasteiger partial charge in [-0.2, -0.15) is 0 Å². The Bertz CT molecular complexity index is 498. The van der Waals surface area contributed by atoms with E-state index in [1.54, 1.807) is 0 Å². The molecule has 100 valence electrons. The molecule has 0 unspecified atom stereocenters. The maximum atomic E-state index is 11.8. The molecule has 0 radical (unpaired) electrons. The summed E-state index contributed by atoms with van der Waals surface area (Å²) in [5.74, 6) is -0.895. The van der Waals surface area contributed by atoms with Gasteiger partial charge in [0.15, 0.2) is 0 Å². The monoisotopic (exact) mass is 262 g/mol. The Kier molecular flexibility index (Phi) is 2.98. The molecule has 3 rings (SSSR count). The smallest absolute Gasteiger partial charge is 0.353 e. The second kappa shape index (κ2) is 4.66. The topological polar surface area (TPSA) is 61.8 Å². The van der Waals surface area contributed by atoms with Crippen LogP contribution in [0.25, 0.3) is 0 Å². The predicted molar refractivity (Wildman–Crippen MR) is 64.0 cm³/mol. The molecule has 2 atom stereocenters. The van der Waals surface area contributed by atoms with Crippen molar-refractivity contribution >= 4 is 11.9 Å². The third-order valence-electron chi connectivity index (χ3n) is 3.51. The van der Waals surface area contributed by atoms with Gasteiger partial charge in [-0.3, -0.25) is 4.79 Å². The first-order valence-corrected chi connectivity index (χ1v) is 6.25. The van der Waals surface area contributed by atoms with Gasteiger partial charge in [-0.05, 0) is 5.56 Å². The molecule has 0 bridgehead atoms. The molecule has 0 aliphatic carbocycles. The van der Waals surface area contributed by atoms with Crippen LogP contribution in [-0.4, -0.2) is 30.3 Å². The summed E-state index contributed by atoms with van der Waals surface area (Å²) in [5.41, 5.74) is -0.227. The van der Waals surface area contributed by atoms with Crippen LogP contribution in [0.3, 0.4) is 0 Å². The van der Waals surface area contributed by atoms with E-state index in [9.17, 15) is 9.59 Å². The fraction of sp³-hybridized carbons (Fsp3) is 0.429. The predicted octanol–water partition coefficient (Wildman–Crippen LogP) is 1.20. The van der Waals surface area contributed by atoms with Crippen molar-refractivity contribution < 1.29 is 23.8 Å². The fourth-order valence-corrected chi connectivity index (χ4v) is 2.50. The fourth-order valence-electron chi connectivity index (χ4n) is 2.50. The minimum atomic E-state index is -1.22. The van der Waals surface area contributed by atoms with Gasteiger partial charge in [0.05, 0.1) is 19.6 Å². The molecule has 2 fully saturated rings. The van der Waals surface area contributed by atoms with Gasteiger partial charge in [0.1, 0.15) is 6.10 Å². The van der Waals surface area contributed by atoms with Crippen molar-refractivity contribution in [2.24, 2.45) is 0 Å². The Labute approximate surface area is 110 Å². The summed E-state index contributed by atoms with van der Waals surface area (Å²) < 4.78 is 15.8. The van der Waals surface area contributed by atoms with Crippen molar-refractivity contribution in [3.8, 4) is 0 Å². The van der Waals surface area contributed by atoms with E-state index in [-0.39, 0.29) is 13.0 Å². The Morgan fingerprint density at radius 2 is 2.05 bits per heavy atom. The summed E-state index contributed by atoms with van der Waals surface area (Å²) in [5, 5.41) is 0. The van der Waals surface area contributed by atoms with E-state index in [0.717, 1.165) is 5.56 Å². The number of benzene rings is 1. The molecule has 2 heterocycles. The number of esters is 2. The van der Waals surface area contributed by atoms with Crippen molar-refractivity contribution in [2.75, 3.05) is 6.61 Å². The van der Waals surface area contributed by atoms with Crippen LogP contribution in [-0.2, 0) is 30.4 Å². The summed E-state index contributed by atoms with van der Waals surface area (Å²) in [6.45, 7) is 0.620. The summed E-state index contributed by atoms with van der Waals surface area (Å²) >= 11 is 0. The van der Waals surface area contributed by atoms with Crippen molar-refractivity contribution in [3.05, 3.63) is 35.9 Å². The second-order valence-corrected chi connectivity index (χ2v) is 4.74. The molecule has 2 aliphatic rings. The van der Waals surface area contributed by atoms with E-state index in [2.05, 4.69) is 0 Å². The average molecular weight is 262 g/mol. The second-order valence-electron chi connectivity index (χ2n) is 4.74. The molecule has 1 aromatic carbocycles. The van der Waals surface area contributed by atoms with Crippen molar-refractivity contribution in [1.82, 2.24) is 0 Å². The van der Waals surface area contributed by atoms with Gasteiger partial charge in [-0.1, -0.05) is 30.3 Å². The van der Waals surface area contributed by atoms with E-state index in [1.165, 1.54) is 0 Å². The molecule has 0 N–H and O–H groups in total. The Morgan fingerprint density at radius 1 is 1.26 bits per heavy atom. The highest BCUT2D eigenvalue weighted by Crippen LogP contribution is 2.38. The summed E-state index contributed by atoms with van der Waals surface area (Å²) in [6.07, 6.45) is -0.0888.